The third-order valence-corrected chi connectivity index (χ3v) is 6.33. The maximum atomic E-state index is 12.6. The van der Waals surface area contributed by atoms with Crippen LogP contribution in [0.4, 0.5) is 0 Å². The van der Waals surface area contributed by atoms with Gasteiger partial charge in [0.15, 0.2) is 4.34 Å². The second kappa shape index (κ2) is 7.49. The highest BCUT2D eigenvalue weighted by Gasteiger charge is 2.25. The van der Waals surface area contributed by atoms with E-state index in [9.17, 15) is 4.79 Å². The topological polar surface area (TPSA) is 33.2 Å². The van der Waals surface area contributed by atoms with Crippen molar-refractivity contribution in [2.75, 3.05) is 13.1 Å². The van der Waals surface area contributed by atoms with Gasteiger partial charge in [0.1, 0.15) is 0 Å². The molecule has 0 aliphatic carbocycles. The summed E-state index contributed by atoms with van der Waals surface area (Å²) in [4.78, 5) is 19.3. The number of amides is 1. The molecule has 2 aromatic rings. The predicted molar refractivity (Wildman–Crippen MR) is 97.8 cm³/mol. The van der Waals surface area contributed by atoms with Crippen molar-refractivity contribution in [2.45, 2.75) is 36.3 Å². The molecule has 1 aliphatic rings. The molecule has 3 rings (SSSR count). The van der Waals surface area contributed by atoms with Crippen LogP contribution in [-0.2, 0) is 4.79 Å². The zero-order valence-corrected chi connectivity index (χ0v) is 15.2. The number of aromatic nitrogens is 1. The molecule has 3 nitrogen and oxygen atoms in total. The van der Waals surface area contributed by atoms with Gasteiger partial charge in [-0.3, -0.25) is 4.79 Å². The van der Waals surface area contributed by atoms with E-state index in [0.29, 0.717) is 0 Å². The van der Waals surface area contributed by atoms with Crippen LogP contribution in [0.15, 0.2) is 40.1 Å². The first-order valence-electron chi connectivity index (χ1n) is 8.10. The van der Waals surface area contributed by atoms with E-state index in [1.54, 1.807) is 23.1 Å². The van der Waals surface area contributed by atoms with Crippen molar-refractivity contribution in [1.29, 1.82) is 0 Å². The van der Waals surface area contributed by atoms with Crippen LogP contribution in [0, 0.1) is 5.92 Å². The van der Waals surface area contributed by atoms with Gasteiger partial charge < -0.3 is 4.90 Å². The first kappa shape index (κ1) is 16.5. The molecule has 1 aromatic carbocycles. The van der Waals surface area contributed by atoms with E-state index in [2.05, 4.69) is 29.4 Å². The van der Waals surface area contributed by atoms with Crippen LogP contribution in [0.2, 0.25) is 0 Å². The highest BCUT2D eigenvalue weighted by atomic mass is 32.2. The zero-order chi connectivity index (χ0) is 16.2. The number of thiazole rings is 1. The van der Waals surface area contributed by atoms with E-state index in [1.807, 2.05) is 30.0 Å². The van der Waals surface area contributed by atoms with Crippen LogP contribution in [0.1, 0.15) is 26.7 Å². The number of thioether (sulfide) groups is 1. The Balaban J connectivity index is 1.61. The second-order valence-corrected chi connectivity index (χ2v) is 8.58. The molecule has 0 spiro atoms. The van der Waals surface area contributed by atoms with E-state index in [-0.39, 0.29) is 11.2 Å². The lowest BCUT2D eigenvalue weighted by molar-refractivity contribution is -0.131. The minimum Gasteiger partial charge on any atom is -0.342 e. The Labute approximate surface area is 146 Å². The van der Waals surface area contributed by atoms with Gasteiger partial charge in [0.05, 0.1) is 10.9 Å². The van der Waals surface area contributed by atoms with E-state index in [1.165, 1.54) is 0 Å². The minimum absolute atomic E-state index is 0.0711. The molecule has 0 N–H and O–H groups in total. The van der Waals surface area contributed by atoms with Gasteiger partial charge in [-0.2, -0.15) is 0 Å². The Hall–Kier alpha value is -1.33. The van der Waals surface area contributed by atoms with Crippen LogP contribution < -0.4 is 0 Å². The zero-order valence-electron chi connectivity index (χ0n) is 13.6. The Morgan fingerprint density at radius 2 is 2.00 bits per heavy atom. The molecule has 1 atom stereocenters. The Morgan fingerprint density at radius 1 is 1.30 bits per heavy atom. The SMILES string of the molecule is CC1CCN(C(=O)C(C)Sc2nc(-c3ccccc3)cs2)CC1. The standard InChI is InChI=1S/C18H22N2OS2/c1-13-8-10-20(11-9-13)17(21)14(2)23-18-19-16(12-22-18)15-6-4-3-5-7-15/h3-7,12-14H,8-11H2,1-2H3. The molecule has 0 saturated carbocycles. The number of benzene rings is 1. The third kappa shape index (κ3) is 4.15. The quantitative estimate of drug-likeness (QED) is 0.762. The van der Waals surface area contributed by atoms with Crippen LogP contribution >= 0.6 is 23.1 Å². The smallest absolute Gasteiger partial charge is 0.235 e. The maximum Gasteiger partial charge on any atom is 0.235 e. The molecular weight excluding hydrogens is 324 g/mol. The van der Waals surface area contributed by atoms with Gasteiger partial charge in [-0.15, -0.1) is 11.3 Å². The van der Waals surface area contributed by atoms with Crippen LogP contribution in [0.3, 0.4) is 0 Å². The predicted octanol–water partition coefficient (Wildman–Crippen LogP) is 4.55. The number of nitrogens with zero attached hydrogens (tertiary/aromatic N) is 2. The highest BCUT2D eigenvalue weighted by Crippen LogP contribution is 2.31. The van der Waals surface area contributed by atoms with Crippen LogP contribution in [0.25, 0.3) is 11.3 Å². The Morgan fingerprint density at radius 3 is 2.70 bits per heavy atom. The molecular formula is C18H22N2OS2. The molecule has 0 bridgehead atoms. The summed E-state index contributed by atoms with van der Waals surface area (Å²) in [6.07, 6.45) is 2.25. The molecule has 23 heavy (non-hydrogen) atoms. The largest absolute Gasteiger partial charge is 0.342 e. The number of carbonyl (C=O) groups excluding carboxylic acids is 1. The molecule has 1 amide bonds. The van der Waals surface area contributed by atoms with Crippen LogP contribution in [0.5, 0.6) is 0 Å². The number of hydrogen-bond acceptors (Lipinski definition) is 4. The fourth-order valence-electron chi connectivity index (χ4n) is 2.74. The molecule has 1 aliphatic heterocycles. The lowest BCUT2D eigenvalue weighted by Gasteiger charge is -2.31. The summed E-state index contributed by atoms with van der Waals surface area (Å²) in [5, 5.41) is 2.00. The summed E-state index contributed by atoms with van der Waals surface area (Å²) in [6, 6.07) is 10.2. The van der Waals surface area contributed by atoms with Crippen molar-refractivity contribution in [3.05, 3.63) is 35.7 Å². The Kier molecular flexibility index (Phi) is 5.38. The van der Waals surface area contributed by atoms with Gasteiger partial charge >= 0.3 is 0 Å². The summed E-state index contributed by atoms with van der Waals surface area (Å²) in [6.45, 7) is 6.06. The van der Waals surface area contributed by atoms with Gasteiger partial charge in [0.2, 0.25) is 5.91 Å². The fourth-order valence-corrected chi connectivity index (χ4v) is 4.80. The maximum absolute atomic E-state index is 12.6. The van der Waals surface area contributed by atoms with Crippen molar-refractivity contribution in [3.8, 4) is 11.3 Å². The summed E-state index contributed by atoms with van der Waals surface area (Å²) >= 11 is 3.20. The number of rotatable bonds is 4. The Bertz CT molecular complexity index is 648. The molecule has 2 heterocycles. The van der Waals surface area contributed by atoms with E-state index >= 15 is 0 Å². The van der Waals surface area contributed by atoms with Crippen molar-refractivity contribution in [2.24, 2.45) is 5.92 Å². The van der Waals surface area contributed by atoms with E-state index in [4.69, 9.17) is 0 Å². The first-order chi connectivity index (χ1) is 11.1. The molecule has 1 fully saturated rings. The van der Waals surface area contributed by atoms with Gasteiger partial charge in [-0.05, 0) is 25.7 Å². The lowest BCUT2D eigenvalue weighted by atomic mass is 9.99. The monoisotopic (exact) mass is 346 g/mol. The third-order valence-electron chi connectivity index (χ3n) is 4.27. The van der Waals surface area contributed by atoms with Gasteiger partial charge in [-0.25, -0.2) is 4.98 Å². The molecule has 1 aromatic heterocycles. The highest BCUT2D eigenvalue weighted by molar-refractivity contribution is 8.02. The van der Waals surface area contributed by atoms with Crippen molar-refractivity contribution < 1.29 is 4.79 Å². The minimum atomic E-state index is -0.0711. The van der Waals surface area contributed by atoms with E-state index < -0.39 is 0 Å². The first-order valence-corrected chi connectivity index (χ1v) is 9.86. The average Bonchev–Trinajstić information content (AvgIpc) is 3.04. The van der Waals surface area contributed by atoms with Crippen molar-refractivity contribution in [1.82, 2.24) is 9.88 Å². The number of carbonyl (C=O) groups is 1. The van der Waals surface area contributed by atoms with Gasteiger partial charge in [-0.1, -0.05) is 49.0 Å². The molecule has 0 radical (unpaired) electrons. The lowest BCUT2D eigenvalue weighted by Crippen LogP contribution is -2.41. The number of hydrogen-bond donors (Lipinski definition) is 0. The molecule has 122 valence electrons. The summed E-state index contributed by atoms with van der Waals surface area (Å²) in [7, 11) is 0. The molecule has 1 unspecified atom stereocenters. The summed E-state index contributed by atoms with van der Waals surface area (Å²) in [5.41, 5.74) is 2.11. The number of piperidine rings is 1. The van der Waals surface area contributed by atoms with Gasteiger partial charge in [0, 0.05) is 24.0 Å². The van der Waals surface area contributed by atoms with E-state index in [0.717, 1.165) is 47.4 Å². The van der Waals surface area contributed by atoms with Gasteiger partial charge in [0.25, 0.3) is 0 Å². The summed E-state index contributed by atoms with van der Waals surface area (Å²) < 4.78 is 0.968. The summed E-state index contributed by atoms with van der Waals surface area (Å²) in [5.74, 6) is 0.993. The van der Waals surface area contributed by atoms with Crippen molar-refractivity contribution in [3.63, 3.8) is 0 Å². The number of likely N-dealkylation sites (tertiary alicyclic amines) is 1. The normalized spacial score (nSPS) is 17.2. The molecule has 1 saturated heterocycles. The second-order valence-electron chi connectivity index (χ2n) is 6.13. The van der Waals surface area contributed by atoms with Crippen molar-refractivity contribution >= 4 is 29.0 Å². The average molecular weight is 347 g/mol. The molecule has 5 heteroatoms. The van der Waals surface area contributed by atoms with Crippen LogP contribution in [-0.4, -0.2) is 34.1 Å². The fraction of sp³-hybridized carbons (Fsp3) is 0.444.